The number of ether oxygens (including phenoxy) is 2. The first-order chi connectivity index (χ1) is 9.37. The molecule has 1 aromatic carbocycles. The summed E-state index contributed by atoms with van der Waals surface area (Å²) >= 11 is 0. The molecule has 20 heavy (non-hydrogen) atoms. The highest BCUT2D eigenvalue weighted by atomic mass is 16.5. The van der Waals surface area contributed by atoms with Crippen molar-refractivity contribution in [1.29, 1.82) is 0 Å². The average Bonchev–Trinajstić information content (AvgIpc) is 2.38. The van der Waals surface area contributed by atoms with Crippen molar-refractivity contribution in [3.8, 4) is 11.5 Å². The zero-order chi connectivity index (χ0) is 15.2. The molecule has 0 fully saturated rings. The van der Waals surface area contributed by atoms with Crippen molar-refractivity contribution in [3.05, 3.63) is 24.3 Å². The van der Waals surface area contributed by atoms with Crippen molar-refractivity contribution in [3.63, 3.8) is 0 Å². The van der Waals surface area contributed by atoms with Crippen LogP contribution in [0.5, 0.6) is 11.5 Å². The zero-order valence-corrected chi connectivity index (χ0v) is 12.6. The van der Waals surface area contributed by atoms with Crippen molar-refractivity contribution in [2.75, 3.05) is 13.7 Å². The largest absolute Gasteiger partial charge is 0.497 e. The van der Waals surface area contributed by atoms with Gasteiger partial charge in [-0.2, -0.15) is 0 Å². The summed E-state index contributed by atoms with van der Waals surface area (Å²) < 4.78 is 10.8. The van der Waals surface area contributed by atoms with E-state index >= 15 is 0 Å². The summed E-state index contributed by atoms with van der Waals surface area (Å²) in [6, 6.07) is 7.52. The molecular weight excluding hydrogens is 256 g/mol. The van der Waals surface area contributed by atoms with Crippen LogP contribution in [0.1, 0.15) is 27.2 Å². The number of hydrogen-bond donors (Lipinski definition) is 2. The van der Waals surface area contributed by atoms with Gasteiger partial charge in [0.25, 0.3) is 0 Å². The molecule has 0 heterocycles. The molecular formula is C15H24N2O3. The van der Waals surface area contributed by atoms with Gasteiger partial charge in [-0.15, -0.1) is 0 Å². The molecule has 0 bridgehead atoms. The summed E-state index contributed by atoms with van der Waals surface area (Å²) in [7, 11) is 1.61. The van der Waals surface area contributed by atoms with Gasteiger partial charge >= 0.3 is 0 Å². The number of rotatable bonds is 8. The average molecular weight is 280 g/mol. The van der Waals surface area contributed by atoms with Gasteiger partial charge in [0.05, 0.1) is 19.3 Å². The van der Waals surface area contributed by atoms with Gasteiger partial charge in [-0.25, -0.2) is 0 Å². The Balaban J connectivity index is 2.58. The van der Waals surface area contributed by atoms with Gasteiger partial charge in [-0.3, -0.25) is 4.79 Å². The fourth-order valence-electron chi connectivity index (χ4n) is 1.97. The first-order valence-electron chi connectivity index (χ1n) is 6.72. The van der Waals surface area contributed by atoms with E-state index in [0.717, 1.165) is 5.75 Å². The van der Waals surface area contributed by atoms with Crippen LogP contribution in [-0.2, 0) is 4.79 Å². The van der Waals surface area contributed by atoms with Gasteiger partial charge in [0, 0.05) is 18.5 Å². The lowest BCUT2D eigenvalue weighted by molar-refractivity contribution is -0.124. The van der Waals surface area contributed by atoms with Crippen LogP contribution in [-0.4, -0.2) is 31.2 Å². The predicted molar refractivity (Wildman–Crippen MR) is 79.0 cm³/mol. The maximum Gasteiger partial charge on any atom is 0.237 e. The molecule has 0 radical (unpaired) electrons. The minimum atomic E-state index is -0.771. The van der Waals surface area contributed by atoms with Crippen LogP contribution >= 0.6 is 0 Å². The number of primary amides is 1. The molecule has 1 rings (SSSR count). The van der Waals surface area contributed by atoms with E-state index in [-0.39, 0.29) is 11.9 Å². The third-order valence-corrected chi connectivity index (χ3v) is 3.06. The Morgan fingerprint density at radius 2 is 2.05 bits per heavy atom. The summed E-state index contributed by atoms with van der Waals surface area (Å²) in [5, 5.41) is 3.19. The van der Waals surface area contributed by atoms with Crippen LogP contribution in [0.2, 0.25) is 0 Å². The smallest absolute Gasteiger partial charge is 0.237 e. The van der Waals surface area contributed by atoms with Crippen LogP contribution in [0.4, 0.5) is 0 Å². The number of carbonyl (C=O) groups is 1. The van der Waals surface area contributed by atoms with Crippen molar-refractivity contribution >= 4 is 5.91 Å². The molecule has 1 aromatic rings. The first kappa shape index (κ1) is 16.3. The number of nitrogens with one attached hydrogen (secondary N) is 1. The van der Waals surface area contributed by atoms with E-state index in [4.69, 9.17) is 15.2 Å². The van der Waals surface area contributed by atoms with E-state index in [1.807, 2.05) is 32.0 Å². The number of benzene rings is 1. The maximum absolute atomic E-state index is 11.6. The highest BCUT2D eigenvalue weighted by molar-refractivity contribution is 5.84. The normalized spacial score (nSPS) is 13.8. The van der Waals surface area contributed by atoms with Crippen LogP contribution in [0.15, 0.2) is 24.3 Å². The van der Waals surface area contributed by atoms with E-state index < -0.39 is 5.54 Å². The lowest BCUT2D eigenvalue weighted by Crippen LogP contribution is -2.56. The lowest BCUT2D eigenvalue weighted by atomic mass is 9.96. The molecule has 112 valence electrons. The quantitative estimate of drug-likeness (QED) is 0.760. The van der Waals surface area contributed by atoms with Gasteiger partial charge < -0.3 is 20.5 Å². The second-order valence-electron chi connectivity index (χ2n) is 5.27. The van der Waals surface area contributed by atoms with Crippen LogP contribution in [0, 0.1) is 0 Å². The summed E-state index contributed by atoms with van der Waals surface area (Å²) in [6.45, 7) is 6.14. The Morgan fingerprint density at radius 3 is 2.60 bits per heavy atom. The summed E-state index contributed by atoms with van der Waals surface area (Å²) in [5.41, 5.74) is 4.70. The Hall–Kier alpha value is -1.75. The number of methoxy groups -OCH3 is 1. The fourth-order valence-corrected chi connectivity index (χ4v) is 1.97. The number of hydrogen-bond acceptors (Lipinski definition) is 4. The highest BCUT2D eigenvalue weighted by Gasteiger charge is 2.31. The van der Waals surface area contributed by atoms with Crippen molar-refractivity contribution in [1.82, 2.24) is 5.32 Å². The van der Waals surface area contributed by atoms with Gasteiger partial charge in [-0.1, -0.05) is 6.07 Å². The lowest BCUT2D eigenvalue weighted by Gasteiger charge is -2.29. The molecule has 1 amide bonds. The number of amides is 1. The van der Waals surface area contributed by atoms with E-state index in [2.05, 4.69) is 5.32 Å². The van der Waals surface area contributed by atoms with E-state index in [9.17, 15) is 4.79 Å². The molecule has 1 atom stereocenters. The van der Waals surface area contributed by atoms with Crippen LogP contribution in [0.25, 0.3) is 0 Å². The van der Waals surface area contributed by atoms with E-state index in [0.29, 0.717) is 18.8 Å². The molecule has 0 aliphatic heterocycles. The standard InChI is InChI=1S/C15H24N2O3/c1-11(2)17-15(3,14(16)18)8-9-20-13-7-5-6-12(10-13)19-4/h5-7,10-11,17H,8-9H2,1-4H3,(H2,16,18). The Morgan fingerprint density at radius 1 is 1.40 bits per heavy atom. The minimum Gasteiger partial charge on any atom is -0.497 e. The van der Waals surface area contributed by atoms with E-state index in [1.54, 1.807) is 20.1 Å². The number of nitrogens with two attached hydrogens (primary N) is 1. The SMILES string of the molecule is COc1cccc(OCCC(C)(NC(C)C)C(N)=O)c1. The van der Waals surface area contributed by atoms with Crippen molar-refractivity contribution in [2.45, 2.75) is 38.8 Å². The predicted octanol–water partition coefficient (Wildman–Crippen LogP) is 1.71. The highest BCUT2D eigenvalue weighted by Crippen LogP contribution is 2.20. The maximum atomic E-state index is 11.6. The first-order valence-corrected chi connectivity index (χ1v) is 6.72. The van der Waals surface area contributed by atoms with Crippen LogP contribution < -0.4 is 20.5 Å². The molecule has 5 heteroatoms. The monoisotopic (exact) mass is 280 g/mol. The molecule has 1 unspecified atom stereocenters. The zero-order valence-electron chi connectivity index (χ0n) is 12.6. The molecule has 0 aliphatic carbocycles. The van der Waals surface area contributed by atoms with Crippen molar-refractivity contribution < 1.29 is 14.3 Å². The molecule has 0 spiro atoms. The molecule has 3 N–H and O–H groups in total. The topological polar surface area (TPSA) is 73.6 Å². The second-order valence-corrected chi connectivity index (χ2v) is 5.27. The molecule has 0 aliphatic rings. The number of carbonyl (C=O) groups excluding carboxylic acids is 1. The molecule has 0 saturated heterocycles. The molecule has 5 nitrogen and oxygen atoms in total. The summed E-state index contributed by atoms with van der Waals surface area (Å²) in [5.74, 6) is 1.07. The fraction of sp³-hybridized carbons (Fsp3) is 0.533. The molecule has 0 aromatic heterocycles. The van der Waals surface area contributed by atoms with Gasteiger partial charge in [-0.05, 0) is 32.9 Å². The van der Waals surface area contributed by atoms with Gasteiger partial charge in [0.2, 0.25) is 5.91 Å². The Bertz CT molecular complexity index is 448. The minimum absolute atomic E-state index is 0.171. The Labute approximate surface area is 120 Å². The van der Waals surface area contributed by atoms with E-state index in [1.165, 1.54) is 0 Å². The molecule has 0 saturated carbocycles. The second kappa shape index (κ2) is 7.14. The third-order valence-electron chi connectivity index (χ3n) is 3.06. The third kappa shape index (κ3) is 4.74. The van der Waals surface area contributed by atoms with Crippen molar-refractivity contribution in [2.24, 2.45) is 5.73 Å². The summed E-state index contributed by atoms with van der Waals surface area (Å²) in [6.07, 6.45) is 0.498. The van der Waals surface area contributed by atoms with Crippen LogP contribution in [0.3, 0.4) is 0 Å². The van der Waals surface area contributed by atoms with Gasteiger partial charge in [0.1, 0.15) is 11.5 Å². The summed E-state index contributed by atoms with van der Waals surface area (Å²) in [4.78, 5) is 11.6. The van der Waals surface area contributed by atoms with Gasteiger partial charge in [0.15, 0.2) is 0 Å². The Kier molecular flexibility index (Phi) is 5.82.